The summed E-state index contributed by atoms with van der Waals surface area (Å²) in [6.07, 6.45) is 0.914. The molecule has 0 saturated carbocycles. The van der Waals surface area contributed by atoms with Crippen LogP contribution in [0.4, 0.5) is 10.5 Å². The maximum Gasteiger partial charge on any atom is 0.319 e. The molecular formula is C16H24ClN3O3. The van der Waals surface area contributed by atoms with Gasteiger partial charge in [0.25, 0.3) is 0 Å². The van der Waals surface area contributed by atoms with Crippen molar-refractivity contribution in [3.05, 3.63) is 23.2 Å². The van der Waals surface area contributed by atoms with Crippen molar-refractivity contribution >= 4 is 29.2 Å². The van der Waals surface area contributed by atoms with E-state index in [1.54, 1.807) is 32.3 Å². The number of carbonyl (C=O) groups excluding carboxylic acids is 2. The molecule has 7 heteroatoms. The summed E-state index contributed by atoms with van der Waals surface area (Å²) >= 11 is 6.11. The highest BCUT2D eigenvalue weighted by atomic mass is 35.5. The lowest BCUT2D eigenvalue weighted by molar-refractivity contribution is -0.128. The van der Waals surface area contributed by atoms with Crippen LogP contribution >= 0.6 is 11.6 Å². The molecule has 0 aliphatic carbocycles. The molecule has 0 radical (unpaired) electrons. The summed E-state index contributed by atoms with van der Waals surface area (Å²) in [7, 11) is 3.41. The number of para-hydroxylation sites is 1. The molecule has 1 aromatic carbocycles. The Kier molecular flexibility index (Phi) is 7.68. The molecule has 0 spiro atoms. The van der Waals surface area contributed by atoms with Gasteiger partial charge in [0.05, 0.1) is 16.8 Å². The van der Waals surface area contributed by atoms with Crippen molar-refractivity contribution < 1.29 is 14.3 Å². The van der Waals surface area contributed by atoms with Crippen LogP contribution in [0.15, 0.2) is 18.2 Å². The third kappa shape index (κ3) is 6.78. The normalized spacial score (nSPS) is 10.3. The van der Waals surface area contributed by atoms with E-state index < -0.39 is 0 Å². The Hall–Kier alpha value is -1.95. The van der Waals surface area contributed by atoms with Crippen LogP contribution in [-0.2, 0) is 4.79 Å². The Bertz CT molecular complexity index is 547. The second-order valence-corrected chi connectivity index (χ2v) is 5.96. The number of rotatable bonds is 7. The minimum absolute atomic E-state index is 0.0367. The highest BCUT2D eigenvalue weighted by molar-refractivity contribution is 6.32. The van der Waals surface area contributed by atoms with Crippen molar-refractivity contribution in [3.8, 4) is 5.75 Å². The second-order valence-electron chi connectivity index (χ2n) is 5.56. The van der Waals surface area contributed by atoms with Crippen molar-refractivity contribution in [1.29, 1.82) is 0 Å². The van der Waals surface area contributed by atoms with E-state index in [0.717, 1.165) is 0 Å². The number of hydrogen-bond acceptors (Lipinski definition) is 3. The smallest absolute Gasteiger partial charge is 0.319 e. The maximum atomic E-state index is 11.9. The van der Waals surface area contributed by atoms with E-state index in [4.69, 9.17) is 16.3 Å². The molecule has 3 amide bonds. The molecule has 0 aromatic heterocycles. The van der Waals surface area contributed by atoms with Gasteiger partial charge in [-0.2, -0.15) is 0 Å². The van der Waals surface area contributed by atoms with Gasteiger partial charge in [-0.1, -0.05) is 17.7 Å². The first-order chi connectivity index (χ1) is 10.8. The van der Waals surface area contributed by atoms with Crippen LogP contribution in [0.3, 0.4) is 0 Å². The average Bonchev–Trinajstić information content (AvgIpc) is 2.46. The van der Waals surface area contributed by atoms with Gasteiger partial charge in [0.1, 0.15) is 0 Å². The lowest BCUT2D eigenvalue weighted by Crippen LogP contribution is -2.31. The summed E-state index contributed by atoms with van der Waals surface area (Å²) in [5.74, 6) is 0.483. The number of ether oxygens (including phenoxy) is 1. The number of hydrogen-bond donors (Lipinski definition) is 2. The van der Waals surface area contributed by atoms with Crippen LogP contribution < -0.4 is 15.4 Å². The molecule has 0 unspecified atom stereocenters. The van der Waals surface area contributed by atoms with Gasteiger partial charge in [-0.3, -0.25) is 4.79 Å². The first kappa shape index (κ1) is 19.1. The monoisotopic (exact) mass is 341 g/mol. The Labute approximate surface area is 142 Å². The number of nitrogens with one attached hydrogen (secondary N) is 2. The van der Waals surface area contributed by atoms with Gasteiger partial charge in [-0.15, -0.1) is 0 Å². The quantitative estimate of drug-likeness (QED) is 0.748. The molecule has 1 rings (SSSR count). The standard InChI is InChI=1S/C16H24ClN3O3/c1-11(2)23-15-12(17)7-5-8-13(15)19-16(22)18-10-6-9-14(21)20(3)4/h5,7-8,11H,6,9-10H2,1-4H3,(H2,18,19,22). The fraction of sp³-hybridized carbons (Fsp3) is 0.500. The Morgan fingerprint density at radius 1 is 1.30 bits per heavy atom. The van der Waals surface area contributed by atoms with E-state index in [1.807, 2.05) is 13.8 Å². The molecule has 6 nitrogen and oxygen atoms in total. The molecule has 23 heavy (non-hydrogen) atoms. The Morgan fingerprint density at radius 2 is 2.00 bits per heavy atom. The largest absolute Gasteiger partial charge is 0.487 e. The Morgan fingerprint density at radius 3 is 2.61 bits per heavy atom. The fourth-order valence-corrected chi connectivity index (χ4v) is 2.01. The molecule has 0 fully saturated rings. The summed E-state index contributed by atoms with van der Waals surface area (Å²) in [5.41, 5.74) is 0.507. The van der Waals surface area contributed by atoms with E-state index in [9.17, 15) is 9.59 Å². The van der Waals surface area contributed by atoms with E-state index in [1.165, 1.54) is 4.90 Å². The van der Waals surface area contributed by atoms with Crippen molar-refractivity contribution in [3.63, 3.8) is 0 Å². The van der Waals surface area contributed by atoms with Crippen LogP contribution in [0.2, 0.25) is 5.02 Å². The van der Waals surface area contributed by atoms with E-state index in [-0.39, 0.29) is 18.0 Å². The average molecular weight is 342 g/mol. The van der Waals surface area contributed by atoms with Gasteiger partial charge in [-0.25, -0.2) is 4.79 Å². The highest BCUT2D eigenvalue weighted by Gasteiger charge is 2.12. The van der Waals surface area contributed by atoms with Gasteiger partial charge in [0, 0.05) is 27.1 Å². The summed E-state index contributed by atoms with van der Waals surface area (Å²) < 4.78 is 5.64. The lowest BCUT2D eigenvalue weighted by atomic mass is 10.2. The minimum Gasteiger partial charge on any atom is -0.487 e. The number of carbonyl (C=O) groups is 2. The predicted octanol–water partition coefficient (Wildman–Crippen LogP) is 3.12. The molecule has 128 valence electrons. The first-order valence-corrected chi connectivity index (χ1v) is 7.89. The topological polar surface area (TPSA) is 70.7 Å². The summed E-state index contributed by atoms with van der Waals surface area (Å²) in [4.78, 5) is 24.9. The molecule has 0 aliphatic rings. The van der Waals surface area contributed by atoms with Crippen molar-refractivity contribution in [2.24, 2.45) is 0 Å². The molecule has 1 aromatic rings. The Balaban J connectivity index is 2.51. The zero-order valence-corrected chi connectivity index (χ0v) is 14.7. The molecule has 0 heterocycles. The number of halogens is 1. The summed E-state index contributed by atoms with van der Waals surface area (Å²) in [6, 6.07) is 4.80. The van der Waals surface area contributed by atoms with Crippen molar-refractivity contribution in [2.45, 2.75) is 32.8 Å². The van der Waals surface area contributed by atoms with E-state index >= 15 is 0 Å². The van der Waals surface area contributed by atoms with E-state index in [0.29, 0.717) is 35.8 Å². The molecular weight excluding hydrogens is 318 g/mol. The second kappa shape index (κ2) is 9.25. The van der Waals surface area contributed by atoms with Crippen LogP contribution in [0.5, 0.6) is 5.75 Å². The van der Waals surface area contributed by atoms with Crippen LogP contribution in [0.25, 0.3) is 0 Å². The zero-order chi connectivity index (χ0) is 17.4. The van der Waals surface area contributed by atoms with Gasteiger partial charge >= 0.3 is 6.03 Å². The van der Waals surface area contributed by atoms with Gasteiger partial charge in [-0.05, 0) is 32.4 Å². The molecule has 2 N–H and O–H groups in total. The van der Waals surface area contributed by atoms with Crippen molar-refractivity contribution in [2.75, 3.05) is 26.0 Å². The van der Waals surface area contributed by atoms with Gasteiger partial charge < -0.3 is 20.3 Å². The fourth-order valence-electron chi connectivity index (χ4n) is 1.79. The third-order valence-electron chi connectivity index (χ3n) is 2.92. The summed E-state index contributed by atoms with van der Waals surface area (Å²) in [6.45, 7) is 4.18. The van der Waals surface area contributed by atoms with Crippen molar-refractivity contribution in [1.82, 2.24) is 10.2 Å². The minimum atomic E-state index is -0.363. The predicted molar refractivity (Wildman–Crippen MR) is 92.2 cm³/mol. The highest BCUT2D eigenvalue weighted by Crippen LogP contribution is 2.33. The van der Waals surface area contributed by atoms with Gasteiger partial charge in [0.2, 0.25) is 5.91 Å². The number of nitrogens with zero attached hydrogens (tertiary/aromatic N) is 1. The zero-order valence-electron chi connectivity index (χ0n) is 14.0. The summed E-state index contributed by atoms with van der Waals surface area (Å²) in [5, 5.41) is 5.86. The lowest BCUT2D eigenvalue weighted by Gasteiger charge is -2.16. The van der Waals surface area contributed by atoms with Crippen LogP contribution in [-0.4, -0.2) is 43.6 Å². The molecule has 0 aliphatic heterocycles. The third-order valence-corrected chi connectivity index (χ3v) is 3.22. The first-order valence-electron chi connectivity index (χ1n) is 7.51. The molecule has 0 bridgehead atoms. The number of anilines is 1. The van der Waals surface area contributed by atoms with E-state index in [2.05, 4.69) is 10.6 Å². The van der Waals surface area contributed by atoms with Crippen LogP contribution in [0, 0.1) is 0 Å². The molecule has 0 atom stereocenters. The molecule has 0 saturated heterocycles. The van der Waals surface area contributed by atoms with Crippen LogP contribution in [0.1, 0.15) is 26.7 Å². The number of benzene rings is 1. The number of urea groups is 1. The van der Waals surface area contributed by atoms with Gasteiger partial charge in [0.15, 0.2) is 5.75 Å². The number of amides is 3. The SMILES string of the molecule is CC(C)Oc1c(Cl)cccc1NC(=O)NCCCC(=O)N(C)C. The maximum absolute atomic E-state index is 11.9.